The largest absolute Gasteiger partial charge is 0.354 e. The van der Waals surface area contributed by atoms with Gasteiger partial charge in [-0.15, -0.1) is 0 Å². The quantitative estimate of drug-likeness (QED) is 0.877. The highest BCUT2D eigenvalue weighted by molar-refractivity contribution is 9.10. The Hall–Kier alpha value is -1.07. The van der Waals surface area contributed by atoms with Crippen molar-refractivity contribution in [1.82, 2.24) is 0 Å². The maximum Gasteiger partial charge on any atom is 0.243 e. The number of halogens is 1. The van der Waals surface area contributed by atoms with E-state index in [0.29, 0.717) is 13.1 Å². The molecule has 0 fully saturated rings. The standard InChI is InChI=1S/C12H16BrN3O/c1-12(2,7-14)16-6-11(17)15-9-5-8(13)3-4-10(9)16/h3-5H,6-7,14H2,1-2H3,(H,15,17). The molecule has 1 aliphatic rings. The van der Waals surface area contributed by atoms with Crippen LogP contribution >= 0.6 is 15.9 Å². The van der Waals surface area contributed by atoms with E-state index in [1.165, 1.54) is 0 Å². The number of benzene rings is 1. The molecule has 1 aliphatic heterocycles. The summed E-state index contributed by atoms with van der Waals surface area (Å²) >= 11 is 3.40. The maximum absolute atomic E-state index is 11.7. The smallest absolute Gasteiger partial charge is 0.243 e. The van der Waals surface area contributed by atoms with Crippen LogP contribution in [0.3, 0.4) is 0 Å². The van der Waals surface area contributed by atoms with Crippen molar-refractivity contribution in [1.29, 1.82) is 0 Å². The first-order chi connectivity index (χ1) is 7.94. The molecule has 3 N–H and O–H groups in total. The molecule has 5 heteroatoms. The topological polar surface area (TPSA) is 58.4 Å². The molecule has 1 aromatic carbocycles. The predicted octanol–water partition coefficient (Wildman–Crippen LogP) is 1.94. The summed E-state index contributed by atoms with van der Waals surface area (Å²) in [5.74, 6) is -0.00266. The summed E-state index contributed by atoms with van der Waals surface area (Å²) in [6.07, 6.45) is 0. The lowest BCUT2D eigenvalue weighted by molar-refractivity contribution is -0.115. The SMILES string of the molecule is CC(C)(CN)N1CC(=O)Nc2cc(Br)ccc21. The lowest BCUT2D eigenvalue weighted by atomic mass is 10.00. The number of nitrogens with two attached hydrogens (primary N) is 1. The van der Waals surface area contributed by atoms with E-state index in [-0.39, 0.29) is 11.4 Å². The van der Waals surface area contributed by atoms with E-state index < -0.39 is 0 Å². The monoisotopic (exact) mass is 297 g/mol. The molecule has 0 radical (unpaired) electrons. The summed E-state index contributed by atoms with van der Waals surface area (Å²) in [7, 11) is 0. The molecule has 0 unspecified atom stereocenters. The number of hydrogen-bond acceptors (Lipinski definition) is 3. The average Bonchev–Trinajstić information content (AvgIpc) is 2.27. The average molecular weight is 298 g/mol. The zero-order valence-electron chi connectivity index (χ0n) is 9.96. The van der Waals surface area contributed by atoms with Gasteiger partial charge in [0.1, 0.15) is 0 Å². The van der Waals surface area contributed by atoms with Crippen LogP contribution in [-0.4, -0.2) is 24.5 Å². The molecule has 1 amide bonds. The highest BCUT2D eigenvalue weighted by Crippen LogP contribution is 2.35. The number of hydrogen-bond donors (Lipinski definition) is 2. The molecule has 2 rings (SSSR count). The number of nitrogens with one attached hydrogen (secondary N) is 1. The van der Waals surface area contributed by atoms with Crippen LogP contribution in [-0.2, 0) is 4.79 Å². The molecule has 0 saturated carbocycles. The number of rotatable bonds is 2. The van der Waals surface area contributed by atoms with Gasteiger partial charge in [0, 0.05) is 16.6 Å². The minimum atomic E-state index is -0.236. The van der Waals surface area contributed by atoms with Crippen LogP contribution in [0.15, 0.2) is 22.7 Å². The minimum absolute atomic E-state index is 0.00266. The minimum Gasteiger partial charge on any atom is -0.354 e. The number of carbonyl (C=O) groups excluding carboxylic acids is 1. The fourth-order valence-corrected chi connectivity index (χ4v) is 2.27. The first-order valence-electron chi connectivity index (χ1n) is 5.51. The van der Waals surface area contributed by atoms with Gasteiger partial charge in [-0.25, -0.2) is 0 Å². The Balaban J connectivity index is 2.48. The number of anilines is 2. The van der Waals surface area contributed by atoms with Crippen LogP contribution < -0.4 is 16.0 Å². The normalized spacial score (nSPS) is 15.5. The summed E-state index contributed by atoms with van der Waals surface area (Å²) in [4.78, 5) is 13.8. The van der Waals surface area contributed by atoms with Crippen LogP contribution in [0.1, 0.15) is 13.8 Å². The van der Waals surface area contributed by atoms with E-state index in [1.54, 1.807) is 0 Å². The van der Waals surface area contributed by atoms with Gasteiger partial charge in [0.15, 0.2) is 0 Å². The van der Waals surface area contributed by atoms with Crippen LogP contribution in [0, 0.1) is 0 Å². The van der Waals surface area contributed by atoms with Crippen molar-refractivity contribution in [3.63, 3.8) is 0 Å². The maximum atomic E-state index is 11.7. The van der Waals surface area contributed by atoms with Gasteiger partial charge in [-0.3, -0.25) is 4.79 Å². The van der Waals surface area contributed by atoms with E-state index in [2.05, 4.69) is 21.2 Å². The second-order valence-electron chi connectivity index (χ2n) is 4.81. The van der Waals surface area contributed by atoms with E-state index in [0.717, 1.165) is 15.8 Å². The van der Waals surface area contributed by atoms with Gasteiger partial charge in [0.2, 0.25) is 5.91 Å². The Morgan fingerprint density at radius 3 is 2.88 bits per heavy atom. The summed E-state index contributed by atoms with van der Waals surface area (Å²) in [5.41, 5.74) is 7.40. The van der Waals surface area contributed by atoms with Gasteiger partial charge in [-0.2, -0.15) is 0 Å². The zero-order valence-corrected chi connectivity index (χ0v) is 11.5. The summed E-state index contributed by atoms with van der Waals surface area (Å²) < 4.78 is 0.948. The summed E-state index contributed by atoms with van der Waals surface area (Å²) in [6.45, 7) is 4.92. The molecular weight excluding hydrogens is 282 g/mol. The molecule has 0 saturated heterocycles. The number of carbonyl (C=O) groups is 1. The third kappa shape index (κ3) is 2.30. The lowest BCUT2D eigenvalue weighted by Gasteiger charge is -2.42. The van der Waals surface area contributed by atoms with E-state index in [1.807, 2.05) is 36.9 Å². The Morgan fingerprint density at radius 1 is 1.53 bits per heavy atom. The van der Waals surface area contributed by atoms with E-state index >= 15 is 0 Å². The van der Waals surface area contributed by atoms with Gasteiger partial charge >= 0.3 is 0 Å². The third-order valence-electron chi connectivity index (χ3n) is 3.06. The Bertz CT molecular complexity index is 459. The van der Waals surface area contributed by atoms with Crippen LogP contribution in [0.4, 0.5) is 11.4 Å². The van der Waals surface area contributed by atoms with Crippen molar-refractivity contribution in [2.75, 3.05) is 23.3 Å². The Morgan fingerprint density at radius 2 is 2.24 bits per heavy atom. The van der Waals surface area contributed by atoms with Gasteiger partial charge < -0.3 is 16.0 Å². The van der Waals surface area contributed by atoms with Gasteiger partial charge in [0.25, 0.3) is 0 Å². The molecule has 4 nitrogen and oxygen atoms in total. The van der Waals surface area contributed by atoms with Crippen molar-refractivity contribution in [2.24, 2.45) is 5.73 Å². The van der Waals surface area contributed by atoms with Crippen LogP contribution in [0.2, 0.25) is 0 Å². The fourth-order valence-electron chi connectivity index (χ4n) is 1.91. The predicted molar refractivity (Wildman–Crippen MR) is 73.3 cm³/mol. The molecule has 0 atom stereocenters. The first kappa shape index (κ1) is 12.4. The first-order valence-corrected chi connectivity index (χ1v) is 6.30. The Labute approximate surface area is 109 Å². The van der Waals surface area contributed by atoms with Crippen molar-refractivity contribution in [2.45, 2.75) is 19.4 Å². The van der Waals surface area contributed by atoms with Crippen LogP contribution in [0.5, 0.6) is 0 Å². The number of fused-ring (bicyclic) bond motifs is 1. The molecule has 0 aromatic heterocycles. The van der Waals surface area contributed by atoms with Gasteiger partial charge in [-0.1, -0.05) is 15.9 Å². The summed E-state index contributed by atoms with van der Waals surface area (Å²) in [6, 6.07) is 5.87. The second-order valence-corrected chi connectivity index (χ2v) is 5.73. The van der Waals surface area contributed by atoms with Gasteiger partial charge in [-0.05, 0) is 32.0 Å². The molecule has 92 valence electrons. The molecule has 0 bridgehead atoms. The molecular formula is C12H16BrN3O. The van der Waals surface area contributed by atoms with Crippen molar-refractivity contribution in [3.05, 3.63) is 22.7 Å². The molecule has 0 spiro atoms. The molecule has 1 aromatic rings. The third-order valence-corrected chi connectivity index (χ3v) is 3.55. The molecule has 1 heterocycles. The van der Waals surface area contributed by atoms with Crippen molar-refractivity contribution < 1.29 is 4.79 Å². The molecule has 0 aliphatic carbocycles. The van der Waals surface area contributed by atoms with Crippen molar-refractivity contribution >= 4 is 33.2 Å². The Kier molecular flexibility index (Phi) is 3.14. The number of nitrogens with zero attached hydrogens (tertiary/aromatic N) is 1. The zero-order chi connectivity index (χ0) is 12.6. The fraction of sp³-hybridized carbons (Fsp3) is 0.417. The summed E-state index contributed by atoms with van der Waals surface area (Å²) in [5, 5.41) is 2.88. The molecule has 17 heavy (non-hydrogen) atoms. The second kappa shape index (κ2) is 4.31. The van der Waals surface area contributed by atoms with Gasteiger partial charge in [0.05, 0.1) is 17.9 Å². The van der Waals surface area contributed by atoms with E-state index in [9.17, 15) is 4.79 Å². The number of amides is 1. The highest BCUT2D eigenvalue weighted by Gasteiger charge is 2.32. The highest BCUT2D eigenvalue weighted by atomic mass is 79.9. The lowest BCUT2D eigenvalue weighted by Crippen LogP contribution is -2.54. The van der Waals surface area contributed by atoms with Crippen LogP contribution in [0.25, 0.3) is 0 Å². The van der Waals surface area contributed by atoms with Crippen molar-refractivity contribution in [3.8, 4) is 0 Å². The van der Waals surface area contributed by atoms with E-state index in [4.69, 9.17) is 5.73 Å².